The van der Waals surface area contributed by atoms with E-state index in [1.54, 1.807) is 6.20 Å². The smallest absolute Gasteiger partial charge is 0.244 e. The van der Waals surface area contributed by atoms with Crippen LogP contribution in [0.4, 0.5) is 0 Å². The molecule has 1 saturated heterocycles. The second-order valence-corrected chi connectivity index (χ2v) is 6.21. The van der Waals surface area contributed by atoms with Crippen molar-refractivity contribution in [1.82, 2.24) is 20.2 Å². The fraction of sp³-hybridized carbons (Fsp3) is 0.714. The first-order chi connectivity index (χ1) is 9.28. The number of nitrogens with one attached hydrogen (secondary N) is 2. The first-order valence-electron chi connectivity index (χ1n) is 7.37. The Balaban J connectivity index is 1.65. The van der Waals surface area contributed by atoms with Crippen LogP contribution in [0.1, 0.15) is 50.5 Å². The second-order valence-electron chi connectivity index (χ2n) is 6.21. The number of rotatable bonds is 3. The summed E-state index contributed by atoms with van der Waals surface area (Å²) in [6.45, 7) is 0.888. The molecule has 2 saturated carbocycles. The van der Waals surface area contributed by atoms with Gasteiger partial charge in [-0.1, -0.05) is 12.8 Å². The van der Waals surface area contributed by atoms with E-state index in [1.165, 1.54) is 12.8 Å². The molecular weight excluding hydrogens is 240 g/mol. The van der Waals surface area contributed by atoms with Gasteiger partial charge in [0.25, 0.3) is 0 Å². The van der Waals surface area contributed by atoms with Gasteiger partial charge in [0.2, 0.25) is 5.91 Å². The minimum atomic E-state index is -0.299. The molecule has 0 bridgehead atoms. The van der Waals surface area contributed by atoms with Gasteiger partial charge in [-0.15, -0.1) is 0 Å². The number of aromatic amines is 1. The van der Waals surface area contributed by atoms with Crippen LogP contribution in [-0.2, 0) is 4.79 Å². The van der Waals surface area contributed by atoms with E-state index in [0.29, 0.717) is 11.8 Å². The van der Waals surface area contributed by atoms with E-state index in [-0.39, 0.29) is 11.7 Å². The van der Waals surface area contributed by atoms with Crippen molar-refractivity contribution in [2.45, 2.75) is 50.2 Å². The molecule has 19 heavy (non-hydrogen) atoms. The van der Waals surface area contributed by atoms with Crippen LogP contribution in [0, 0.1) is 5.92 Å². The Morgan fingerprint density at radius 1 is 1.37 bits per heavy atom. The molecule has 5 nitrogen and oxygen atoms in total. The van der Waals surface area contributed by atoms with Crippen molar-refractivity contribution in [3.8, 4) is 0 Å². The zero-order valence-electron chi connectivity index (χ0n) is 11.1. The molecule has 0 radical (unpaired) electrons. The molecule has 5 heteroatoms. The zero-order chi connectivity index (χ0) is 12.9. The summed E-state index contributed by atoms with van der Waals surface area (Å²) >= 11 is 0. The lowest BCUT2D eigenvalue weighted by atomic mass is 9.98. The van der Waals surface area contributed by atoms with Gasteiger partial charge in [-0.25, -0.2) is 4.98 Å². The molecule has 3 aliphatic rings. The van der Waals surface area contributed by atoms with Crippen molar-refractivity contribution in [2.24, 2.45) is 5.92 Å². The molecule has 1 spiro atoms. The highest BCUT2D eigenvalue weighted by Crippen LogP contribution is 2.42. The van der Waals surface area contributed by atoms with Crippen molar-refractivity contribution in [1.29, 1.82) is 0 Å². The van der Waals surface area contributed by atoms with Gasteiger partial charge in [-0.2, -0.15) is 0 Å². The van der Waals surface area contributed by atoms with Gasteiger partial charge in [-0.05, 0) is 31.6 Å². The van der Waals surface area contributed by atoms with Crippen LogP contribution < -0.4 is 5.32 Å². The third-order valence-corrected chi connectivity index (χ3v) is 4.78. The Bertz CT molecular complexity index is 474. The molecule has 3 fully saturated rings. The molecular formula is C14H20N4O. The first-order valence-corrected chi connectivity index (χ1v) is 7.37. The standard InChI is InChI=1S/C14H20N4O/c19-13-14(5-1-2-6-14)17-12(11-15-7-8-16-11)18(13)9-10-3-4-10/h7-8,10,12,17H,1-6,9H2,(H,15,16). The minimum Gasteiger partial charge on any atom is -0.346 e. The fourth-order valence-corrected chi connectivity index (χ4v) is 3.54. The van der Waals surface area contributed by atoms with Gasteiger partial charge >= 0.3 is 0 Å². The fourth-order valence-electron chi connectivity index (χ4n) is 3.54. The van der Waals surface area contributed by atoms with E-state index in [4.69, 9.17) is 0 Å². The highest BCUT2D eigenvalue weighted by molar-refractivity contribution is 5.89. The van der Waals surface area contributed by atoms with E-state index in [2.05, 4.69) is 15.3 Å². The minimum absolute atomic E-state index is 0.0544. The van der Waals surface area contributed by atoms with Crippen LogP contribution in [0.3, 0.4) is 0 Å². The van der Waals surface area contributed by atoms with Crippen LogP contribution in [0.15, 0.2) is 12.4 Å². The number of H-pyrrole nitrogens is 1. The third-order valence-electron chi connectivity index (χ3n) is 4.78. The number of aromatic nitrogens is 2. The average Bonchev–Trinajstić information content (AvgIpc) is 2.84. The van der Waals surface area contributed by atoms with Crippen LogP contribution in [-0.4, -0.2) is 32.9 Å². The van der Waals surface area contributed by atoms with Crippen molar-refractivity contribution in [2.75, 3.05) is 6.54 Å². The lowest BCUT2D eigenvalue weighted by molar-refractivity contribution is -0.133. The van der Waals surface area contributed by atoms with E-state index in [9.17, 15) is 4.79 Å². The largest absolute Gasteiger partial charge is 0.346 e. The number of amides is 1. The van der Waals surface area contributed by atoms with Gasteiger partial charge in [0.1, 0.15) is 12.0 Å². The van der Waals surface area contributed by atoms with E-state index < -0.39 is 0 Å². The Hall–Kier alpha value is -1.36. The summed E-state index contributed by atoms with van der Waals surface area (Å²) in [4.78, 5) is 22.4. The summed E-state index contributed by atoms with van der Waals surface area (Å²) in [5.74, 6) is 1.89. The normalized spacial score (nSPS) is 29.6. The van der Waals surface area contributed by atoms with Crippen molar-refractivity contribution < 1.29 is 4.79 Å². The van der Waals surface area contributed by atoms with E-state index in [1.807, 2.05) is 11.1 Å². The molecule has 1 aromatic rings. The highest BCUT2D eigenvalue weighted by atomic mass is 16.2. The number of imidazole rings is 1. The maximum absolute atomic E-state index is 12.8. The van der Waals surface area contributed by atoms with E-state index in [0.717, 1.165) is 38.1 Å². The number of carbonyl (C=O) groups is 1. The molecule has 2 N–H and O–H groups in total. The number of hydrogen-bond donors (Lipinski definition) is 2. The van der Waals surface area contributed by atoms with Gasteiger partial charge in [0.15, 0.2) is 0 Å². The summed E-state index contributed by atoms with van der Waals surface area (Å²) in [6.07, 6.45) is 10.3. The summed E-state index contributed by atoms with van der Waals surface area (Å²) in [7, 11) is 0. The Morgan fingerprint density at radius 2 is 2.16 bits per heavy atom. The highest BCUT2D eigenvalue weighted by Gasteiger charge is 2.54. The van der Waals surface area contributed by atoms with Crippen LogP contribution >= 0.6 is 0 Å². The van der Waals surface area contributed by atoms with Crippen molar-refractivity contribution >= 4 is 5.91 Å². The SMILES string of the molecule is O=C1N(CC2CC2)C(c2ncc[nH]2)NC12CCCC2. The van der Waals surface area contributed by atoms with Crippen LogP contribution in [0.5, 0.6) is 0 Å². The number of hydrogen-bond acceptors (Lipinski definition) is 3. The summed E-state index contributed by atoms with van der Waals surface area (Å²) < 4.78 is 0. The Kier molecular flexibility index (Phi) is 2.45. The van der Waals surface area contributed by atoms with Gasteiger partial charge in [-0.3, -0.25) is 10.1 Å². The van der Waals surface area contributed by atoms with Gasteiger partial charge in [0.05, 0.1) is 5.54 Å². The molecule has 1 atom stereocenters. The Labute approximate surface area is 112 Å². The summed E-state index contributed by atoms with van der Waals surface area (Å²) in [5, 5.41) is 3.58. The van der Waals surface area contributed by atoms with Gasteiger partial charge in [0, 0.05) is 18.9 Å². The molecule has 0 aromatic carbocycles. The summed E-state index contributed by atoms with van der Waals surface area (Å²) in [6, 6.07) is 0. The predicted molar refractivity (Wildman–Crippen MR) is 70.1 cm³/mol. The first kappa shape index (κ1) is 11.5. The quantitative estimate of drug-likeness (QED) is 0.867. The topological polar surface area (TPSA) is 61.0 Å². The third kappa shape index (κ3) is 1.79. The Morgan fingerprint density at radius 3 is 2.79 bits per heavy atom. The monoisotopic (exact) mass is 260 g/mol. The van der Waals surface area contributed by atoms with Crippen molar-refractivity contribution in [3.05, 3.63) is 18.2 Å². The molecule has 1 aliphatic heterocycles. The van der Waals surface area contributed by atoms with Crippen LogP contribution in [0.2, 0.25) is 0 Å². The van der Waals surface area contributed by atoms with Crippen molar-refractivity contribution in [3.63, 3.8) is 0 Å². The van der Waals surface area contributed by atoms with Gasteiger partial charge < -0.3 is 9.88 Å². The molecule has 1 aromatic heterocycles. The zero-order valence-corrected chi connectivity index (χ0v) is 11.1. The van der Waals surface area contributed by atoms with Crippen LogP contribution in [0.25, 0.3) is 0 Å². The lowest BCUT2D eigenvalue weighted by Crippen LogP contribution is -2.44. The maximum atomic E-state index is 12.8. The number of nitrogens with zero attached hydrogens (tertiary/aromatic N) is 2. The molecule has 2 heterocycles. The maximum Gasteiger partial charge on any atom is 0.244 e. The molecule has 2 aliphatic carbocycles. The molecule has 1 amide bonds. The second kappa shape index (κ2) is 4.07. The summed E-state index contributed by atoms with van der Waals surface area (Å²) in [5.41, 5.74) is -0.299. The molecule has 1 unspecified atom stereocenters. The molecule has 4 rings (SSSR count). The molecule has 102 valence electrons. The number of carbonyl (C=O) groups excluding carboxylic acids is 1. The lowest BCUT2D eigenvalue weighted by Gasteiger charge is -2.22. The van der Waals surface area contributed by atoms with E-state index >= 15 is 0 Å². The average molecular weight is 260 g/mol. The predicted octanol–water partition coefficient (Wildman–Crippen LogP) is 1.56.